The van der Waals surface area contributed by atoms with Gasteiger partial charge in [0.15, 0.2) is 0 Å². The maximum absolute atomic E-state index is 10.0. The molecule has 0 saturated heterocycles. The van der Waals surface area contributed by atoms with E-state index in [0.717, 1.165) is 45.1 Å². The van der Waals surface area contributed by atoms with Crippen molar-refractivity contribution in [3.8, 4) is 22.3 Å². The van der Waals surface area contributed by atoms with Crippen LogP contribution in [0, 0.1) is 0 Å². The summed E-state index contributed by atoms with van der Waals surface area (Å²) in [5, 5.41) is 17.1. The molecule has 1 heterocycles. The molecule has 6 aromatic carbocycles. The van der Waals surface area contributed by atoms with Gasteiger partial charge >= 0.3 is 0 Å². The van der Waals surface area contributed by atoms with E-state index < -0.39 is 6.10 Å². The predicted octanol–water partition coefficient (Wildman–Crippen LogP) is 11.8. The number of aliphatic hydroxyl groups is 1. The zero-order valence-corrected chi connectivity index (χ0v) is 25.9. The Labute approximate surface area is 273 Å². The second-order valence-corrected chi connectivity index (χ2v) is 12.4. The summed E-state index contributed by atoms with van der Waals surface area (Å²) in [7, 11) is 0. The first-order valence-electron chi connectivity index (χ1n) is 16.3. The molecule has 1 unspecified atom stereocenters. The molecule has 1 N–H and O–H groups in total. The van der Waals surface area contributed by atoms with Gasteiger partial charge in [-0.3, -0.25) is 0 Å². The van der Waals surface area contributed by atoms with Crippen LogP contribution in [-0.4, -0.2) is 11.2 Å². The molecule has 0 spiro atoms. The fourth-order valence-electron chi connectivity index (χ4n) is 7.40. The minimum absolute atomic E-state index is 0.411. The molecule has 0 radical (unpaired) electrons. The Morgan fingerprint density at radius 1 is 0.574 bits per heavy atom. The summed E-state index contributed by atoms with van der Waals surface area (Å²) >= 11 is 0. The van der Waals surface area contributed by atoms with Crippen LogP contribution in [0.4, 0.5) is 0 Å². The van der Waals surface area contributed by atoms with Gasteiger partial charge in [-0.2, -0.15) is 0 Å². The van der Waals surface area contributed by atoms with Gasteiger partial charge < -0.3 is 9.52 Å². The van der Waals surface area contributed by atoms with Gasteiger partial charge in [0.2, 0.25) is 0 Å². The predicted molar refractivity (Wildman–Crippen MR) is 198 cm³/mol. The zero-order chi connectivity index (χ0) is 31.3. The van der Waals surface area contributed by atoms with E-state index in [1.807, 2.05) is 18.2 Å². The number of rotatable bonds is 4. The molecule has 0 amide bonds. The molecule has 47 heavy (non-hydrogen) atoms. The van der Waals surface area contributed by atoms with Crippen LogP contribution >= 0.6 is 0 Å². The molecule has 1 aromatic heterocycles. The number of benzene rings is 6. The Kier molecular flexibility index (Phi) is 6.62. The normalized spacial score (nSPS) is 16.2. The van der Waals surface area contributed by atoms with E-state index in [9.17, 15) is 5.11 Å². The average molecular weight is 605 g/mol. The lowest BCUT2D eigenvalue weighted by atomic mass is 9.83. The summed E-state index contributed by atoms with van der Waals surface area (Å²) in [6.07, 6.45) is 18.2. The van der Waals surface area contributed by atoms with E-state index in [1.54, 1.807) is 0 Å². The molecule has 2 aliphatic rings. The molecule has 224 valence electrons. The van der Waals surface area contributed by atoms with Gasteiger partial charge in [0.1, 0.15) is 11.2 Å². The fourth-order valence-corrected chi connectivity index (χ4v) is 7.40. The van der Waals surface area contributed by atoms with Crippen molar-refractivity contribution < 1.29 is 9.52 Å². The summed E-state index contributed by atoms with van der Waals surface area (Å²) in [4.78, 5) is 0. The van der Waals surface area contributed by atoms with Crippen molar-refractivity contribution in [2.45, 2.75) is 18.9 Å². The molecule has 9 rings (SSSR count). The smallest absolute Gasteiger partial charge is 0.136 e. The van der Waals surface area contributed by atoms with Crippen LogP contribution in [0.25, 0.3) is 76.9 Å². The van der Waals surface area contributed by atoms with E-state index >= 15 is 0 Å². The lowest BCUT2D eigenvalue weighted by molar-refractivity contribution is 0.226. The first-order chi connectivity index (χ1) is 23.2. The molecule has 0 fully saturated rings. The van der Waals surface area contributed by atoms with Crippen molar-refractivity contribution in [1.29, 1.82) is 0 Å². The maximum Gasteiger partial charge on any atom is 0.136 e. The summed E-state index contributed by atoms with van der Waals surface area (Å²) < 4.78 is 6.58. The Hall–Kier alpha value is -5.70. The number of furan rings is 1. The summed E-state index contributed by atoms with van der Waals surface area (Å²) in [5.41, 5.74) is 11.2. The molecule has 1 atom stereocenters. The van der Waals surface area contributed by atoms with Gasteiger partial charge in [0.05, 0.1) is 6.10 Å². The van der Waals surface area contributed by atoms with Crippen LogP contribution in [0.1, 0.15) is 24.0 Å². The van der Waals surface area contributed by atoms with Crippen molar-refractivity contribution in [1.82, 2.24) is 0 Å². The van der Waals surface area contributed by atoms with Gasteiger partial charge in [0, 0.05) is 10.8 Å². The Balaban J connectivity index is 1.37. The molecular formula is C45H32O2. The molecule has 2 nitrogen and oxygen atoms in total. The van der Waals surface area contributed by atoms with Gasteiger partial charge in [-0.1, -0.05) is 134 Å². The van der Waals surface area contributed by atoms with Crippen molar-refractivity contribution in [2.24, 2.45) is 0 Å². The topological polar surface area (TPSA) is 33.4 Å². The van der Waals surface area contributed by atoms with E-state index in [1.165, 1.54) is 49.4 Å². The first-order valence-corrected chi connectivity index (χ1v) is 16.3. The quantitative estimate of drug-likeness (QED) is 0.203. The standard InChI is InChI=1S/C45H32O2/c46-34-24-22-30(23-25-34)31-14-11-15-32(26-31)43-35-16-5-7-18-37(35)44(38-19-8-6-17-36(38)43)40-27-33(29-12-3-1-2-4-13-29)28-42-45(40)39-20-9-10-21-41(39)47-42/h1,3-24,26-28,34,46H,2,25H2. The highest BCUT2D eigenvalue weighted by atomic mass is 16.3. The van der Waals surface area contributed by atoms with Crippen molar-refractivity contribution in [3.05, 3.63) is 169 Å². The Bertz CT molecular complexity index is 2470. The zero-order valence-electron chi connectivity index (χ0n) is 25.9. The minimum Gasteiger partial charge on any atom is -0.456 e. The minimum atomic E-state index is -0.411. The van der Waals surface area contributed by atoms with Gasteiger partial charge in [-0.05, 0) is 103 Å². The monoisotopic (exact) mass is 604 g/mol. The number of aliphatic hydroxyl groups excluding tert-OH is 1. The first kappa shape index (κ1) is 27.6. The summed E-state index contributed by atoms with van der Waals surface area (Å²) in [6.45, 7) is 0. The van der Waals surface area contributed by atoms with E-state index in [4.69, 9.17) is 4.42 Å². The fraction of sp³-hybridized carbons (Fsp3) is 0.0667. The molecule has 2 heteroatoms. The molecular weight excluding hydrogens is 572 g/mol. The van der Waals surface area contributed by atoms with Gasteiger partial charge in [-0.15, -0.1) is 0 Å². The summed E-state index contributed by atoms with van der Waals surface area (Å²) in [5.74, 6) is 0. The highest BCUT2D eigenvalue weighted by Crippen LogP contribution is 2.48. The number of hydrogen-bond donors (Lipinski definition) is 1. The number of allylic oxidation sites excluding steroid dienone is 8. The largest absolute Gasteiger partial charge is 0.456 e. The van der Waals surface area contributed by atoms with E-state index in [2.05, 4.69) is 140 Å². The number of fused-ring (bicyclic) bond motifs is 5. The molecule has 0 bridgehead atoms. The highest BCUT2D eigenvalue weighted by molar-refractivity contribution is 6.26. The Morgan fingerprint density at radius 2 is 1.28 bits per heavy atom. The van der Waals surface area contributed by atoms with Crippen molar-refractivity contribution in [3.63, 3.8) is 0 Å². The lowest BCUT2D eigenvalue weighted by Gasteiger charge is -2.19. The maximum atomic E-state index is 10.0. The highest BCUT2D eigenvalue weighted by Gasteiger charge is 2.22. The molecule has 2 aliphatic carbocycles. The summed E-state index contributed by atoms with van der Waals surface area (Å²) in [6, 6.07) is 39.4. The van der Waals surface area contributed by atoms with E-state index in [0.29, 0.717) is 6.42 Å². The third-order valence-electron chi connectivity index (χ3n) is 9.56. The third-order valence-corrected chi connectivity index (χ3v) is 9.56. The molecule has 7 aromatic rings. The van der Waals surface area contributed by atoms with E-state index in [-0.39, 0.29) is 0 Å². The van der Waals surface area contributed by atoms with Crippen molar-refractivity contribution in [2.75, 3.05) is 0 Å². The Morgan fingerprint density at radius 3 is 2.02 bits per heavy atom. The van der Waals surface area contributed by atoms with Gasteiger partial charge in [-0.25, -0.2) is 0 Å². The van der Waals surface area contributed by atoms with Crippen LogP contribution in [0.15, 0.2) is 162 Å². The molecule has 0 aliphatic heterocycles. The second-order valence-electron chi connectivity index (χ2n) is 12.4. The van der Waals surface area contributed by atoms with Crippen LogP contribution in [0.5, 0.6) is 0 Å². The van der Waals surface area contributed by atoms with Crippen LogP contribution in [0.2, 0.25) is 0 Å². The van der Waals surface area contributed by atoms with Gasteiger partial charge in [0.25, 0.3) is 0 Å². The third kappa shape index (κ3) is 4.69. The van der Waals surface area contributed by atoms with Crippen molar-refractivity contribution >= 4 is 54.6 Å². The molecule has 0 saturated carbocycles. The van der Waals surface area contributed by atoms with Crippen LogP contribution < -0.4 is 0 Å². The SMILES string of the molecule is OC1C=CC(c2cccc(-c3c4ccccc4c(-c4cc(C5=CC=CCC=C5)cc5oc6ccccc6c45)c4ccccc34)c2)=CC1. The number of para-hydroxylation sites is 1. The average Bonchev–Trinajstić information content (AvgIpc) is 3.27. The number of hydrogen-bond acceptors (Lipinski definition) is 2. The second kappa shape index (κ2) is 11.3. The van der Waals surface area contributed by atoms with Crippen LogP contribution in [-0.2, 0) is 0 Å². The lowest BCUT2D eigenvalue weighted by Crippen LogP contribution is -2.03. The van der Waals surface area contributed by atoms with Crippen LogP contribution in [0.3, 0.4) is 0 Å².